The molecule has 0 aliphatic heterocycles. The SMILES string of the molecule is CCOC(=O)c1cc(=O)n(Cc2ccc(F)cc2F)[nH]1.CCOC(=O)c1cc(OC(F)F)n(Cc2ccc(F)cc2F)n1. The Morgan fingerprint density at radius 3 is 1.93 bits per heavy atom. The molecule has 4 aromatic rings. The molecule has 0 bridgehead atoms. The number of ether oxygens (including phenoxy) is 3. The Morgan fingerprint density at radius 2 is 1.40 bits per heavy atom. The molecule has 4 rings (SSSR count). The molecule has 2 aromatic carbocycles. The van der Waals surface area contributed by atoms with Gasteiger partial charge in [-0.05, 0) is 26.0 Å². The number of alkyl halides is 2. The van der Waals surface area contributed by atoms with Gasteiger partial charge >= 0.3 is 18.6 Å². The lowest BCUT2D eigenvalue weighted by molar-refractivity contribution is -0.0556. The standard InChI is InChI=1S/C14H12F4N2O3.C13H12F2N2O3/c1-2-22-13(21)11-6-12(23-14(17)18)20(19-11)7-8-3-4-9(15)5-10(8)16;1-2-20-13(19)11-6-12(18)17(16-11)7-8-3-4-9(14)5-10(8)15/h3-6,14H,2,7H2,1H3;3-6,16H,2,7H2,1H3. The summed E-state index contributed by atoms with van der Waals surface area (Å²) in [4.78, 5) is 34.7. The Bertz CT molecular complexity index is 1630. The van der Waals surface area contributed by atoms with Gasteiger partial charge in [0, 0.05) is 35.4 Å². The fraction of sp³-hybridized carbons (Fsp3) is 0.259. The van der Waals surface area contributed by atoms with Crippen LogP contribution in [0.5, 0.6) is 5.88 Å². The molecular weight excluding hydrogens is 590 g/mol. The first kappa shape index (κ1) is 32.5. The number of benzene rings is 2. The minimum absolute atomic E-state index is 0.0102. The average Bonchev–Trinajstić information content (AvgIpc) is 3.50. The Morgan fingerprint density at radius 1 is 0.837 bits per heavy atom. The number of aromatic nitrogens is 4. The largest absolute Gasteiger partial charge is 0.461 e. The molecule has 0 unspecified atom stereocenters. The van der Waals surface area contributed by atoms with Crippen molar-refractivity contribution >= 4 is 11.9 Å². The van der Waals surface area contributed by atoms with Crippen LogP contribution < -0.4 is 10.3 Å². The van der Waals surface area contributed by atoms with E-state index in [4.69, 9.17) is 9.47 Å². The molecule has 0 saturated carbocycles. The average molecular weight is 614 g/mol. The zero-order chi connectivity index (χ0) is 31.7. The summed E-state index contributed by atoms with van der Waals surface area (Å²) in [7, 11) is 0. The first-order chi connectivity index (χ1) is 20.4. The van der Waals surface area contributed by atoms with Crippen molar-refractivity contribution in [3.05, 3.63) is 105 Å². The molecule has 0 fully saturated rings. The molecule has 0 amide bonds. The van der Waals surface area contributed by atoms with Crippen LogP contribution >= 0.6 is 0 Å². The summed E-state index contributed by atoms with van der Waals surface area (Å²) in [5, 5.41) is 6.29. The molecule has 230 valence electrons. The third kappa shape index (κ3) is 8.98. The molecule has 0 atom stereocenters. The second-order valence-electron chi connectivity index (χ2n) is 8.41. The van der Waals surface area contributed by atoms with Crippen LogP contribution in [-0.4, -0.2) is 51.3 Å². The summed E-state index contributed by atoms with van der Waals surface area (Å²) < 4.78 is 93.3. The van der Waals surface area contributed by atoms with Crippen LogP contribution in [0.1, 0.15) is 46.0 Å². The van der Waals surface area contributed by atoms with Gasteiger partial charge in [0.05, 0.1) is 26.3 Å². The number of rotatable bonds is 10. The summed E-state index contributed by atoms with van der Waals surface area (Å²) >= 11 is 0. The van der Waals surface area contributed by atoms with Gasteiger partial charge in [-0.2, -0.15) is 13.9 Å². The van der Waals surface area contributed by atoms with Crippen LogP contribution in [0.25, 0.3) is 0 Å². The minimum Gasteiger partial charge on any atom is -0.461 e. The van der Waals surface area contributed by atoms with Gasteiger partial charge in [-0.15, -0.1) is 0 Å². The van der Waals surface area contributed by atoms with Crippen LogP contribution in [0.3, 0.4) is 0 Å². The molecule has 0 saturated heterocycles. The van der Waals surface area contributed by atoms with E-state index in [0.29, 0.717) is 6.07 Å². The van der Waals surface area contributed by atoms with Crippen molar-refractivity contribution < 1.29 is 50.1 Å². The lowest BCUT2D eigenvalue weighted by Gasteiger charge is -2.08. The highest BCUT2D eigenvalue weighted by molar-refractivity contribution is 5.87. The Balaban J connectivity index is 0.000000238. The van der Waals surface area contributed by atoms with E-state index in [1.54, 1.807) is 13.8 Å². The summed E-state index contributed by atoms with van der Waals surface area (Å²) in [5.74, 6) is -5.04. The molecule has 2 aromatic heterocycles. The first-order valence-electron chi connectivity index (χ1n) is 12.5. The number of carbonyl (C=O) groups is 2. The number of halogens is 6. The Labute approximate surface area is 239 Å². The van der Waals surface area contributed by atoms with E-state index < -0.39 is 53.3 Å². The molecule has 16 heteroatoms. The second kappa shape index (κ2) is 14.7. The van der Waals surface area contributed by atoms with E-state index >= 15 is 0 Å². The van der Waals surface area contributed by atoms with E-state index in [0.717, 1.165) is 45.8 Å². The van der Waals surface area contributed by atoms with Gasteiger partial charge in [-0.3, -0.25) is 9.89 Å². The van der Waals surface area contributed by atoms with Crippen molar-refractivity contribution in [2.75, 3.05) is 13.2 Å². The summed E-state index contributed by atoms with van der Waals surface area (Å²) in [6, 6.07) is 7.91. The fourth-order valence-corrected chi connectivity index (χ4v) is 3.50. The van der Waals surface area contributed by atoms with Gasteiger partial charge in [-0.1, -0.05) is 12.1 Å². The number of nitrogens with one attached hydrogen (secondary N) is 1. The zero-order valence-corrected chi connectivity index (χ0v) is 22.6. The fourth-order valence-electron chi connectivity index (χ4n) is 3.50. The molecule has 2 heterocycles. The van der Waals surface area contributed by atoms with Crippen LogP contribution in [0.15, 0.2) is 53.3 Å². The van der Waals surface area contributed by atoms with Gasteiger partial charge in [-0.25, -0.2) is 36.5 Å². The lowest BCUT2D eigenvalue weighted by Crippen LogP contribution is -2.17. The topological polar surface area (TPSA) is 117 Å². The lowest BCUT2D eigenvalue weighted by atomic mass is 10.2. The van der Waals surface area contributed by atoms with E-state index in [2.05, 4.69) is 14.9 Å². The third-order valence-electron chi connectivity index (χ3n) is 5.40. The van der Waals surface area contributed by atoms with Crippen molar-refractivity contribution in [3.8, 4) is 5.88 Å². The van der Waals surface area contributed by atoms with Crippen molar-refractivity contribution in [3.63, 3.8) is 0 Å². The molecule has 10 nitrogen and oxygen atoms in total. The van der Waals surface area contributed by atoms with Crippen molar-refractivity contribution in [2.24, 2.45) is 0 Å². The summed E-state index contributed by atoms with van der Waals surface area (Å²) in [6.07, 6.45) is 0. The second-order valence-corrected chi connectivity index (χ2v) is 8.41. The van der Waals surface area contributed by atoms with Crippen molar-refractivity contribution in [1.29, 1.82) is 0 Å². The maximum atomic E-state index is 13.7. The molecule has 0 radical (unpaired) electrons. The zero-order valence-electron chi connectivity index (χ0n) is 22.6. The first-order valence-corrected chi connectivity index (χ1v) is 12.5. The number of hydrogen-bond donors (Lipinski definition) is 1. The normalized spacial score (nSPS) is 10.7. The van der Waals surface area contributed by atoms with Crippen molar-refractivity contribution in [1.82, 2.24) is 19.6 Å². The monoisotopic (exact) mass is 614 g/mol. The predicted molar refractivity (Wildman–Crippen MR) is 137 cm³/mol. The smallest absolute Gasteiger partial charge is 0.388 e. The number of hydrogen-bond acceptors (Lipinski definition) is 7. The Hall–Kier alpha value is -5.02. The molecule has 0 aliphatic carbocycles. The highest BCUT2D eigenvalue weighted by Gasteiger charge is 2.20. The molecule has 1 N–H and O–H groups in total. The number of carbonyl (C=O) groups excluding carboxylic acids is 2. The third-order valence-corrected chi connectivity index (χ3v) is 5.40. The number of H-pyrrole nitrogens is 1. The van der Waals surface area contributed by atoms with Gasteiger partial charge in [0.15, 0.2) is 5.69 Å². The quantitative estimate of drug-likeness (QED) is 0.204. The maximum Gasteiger partial charge on any atom is 0.388 e. The summed E-state index contributed by atoms with van der Waals surface area (Å²) in [5.41, 5.74) is -0.657. The van der Waals surface area contributed by atoms with E-state index in [-0.39, 0.29) is 48.8 Å². The molecule has 0 spiro atoms. The van der Waals surface area contributed by atoms with E-state index in [1.807, 2.05) is 0 Å². The predicted octanol–water partition coefficient (Wildman–Crippen LogP) is 4.67. The number of aromatic amines is 1. The van der Waals surface area contributed by atoms with Crippen LogP contribution in [0, 0.1) is 23.3 Å². The van der Waals surface area contributed by atoms with Gasteiger partial charge < -0.3 is 14.2 Å². The van der Waals surface area contributed by atoms with Crippen LogP contribution in [-0.2, 0) is 22.6 Å². The molecule has 0 aliphatic rings. The van der Waals surface area contributed by atoms with E-state index in [9.17, 15) is 40.7 Å². The maximum absolute atomic E-state index is 13.7. The number of esters is 2. The van der Waals surface area contributed by atoms with Crippen LogP contribution in [0.2, 0.25) is 0 Å². The molecular formula is C27H24F6N4O6. The van der Waals surface area contributed by atoms with Gasteiger partial charge in [0.2, 0.25) is 5.88 Å². The van der Waals surface area contributed by atoms with E-state index in [1.165, 1.54) is 6.07 Å². The summed E-state index contributed by atoms with van der Waals surface area (Å²) in [6.45, 7) is -0.154. The van der Waals surface area contributed by atoms with Gasteiger partial charge in [0.25, 0.3) is 5.56 Å². The minimum atomic E-state index is -3.15. The highest BCUT2D eigenvalue weighted by atomic mass is 19.3. The van der Waals surface area contributed by atoms with Gasteiger partial charge in [0.1, 0.15) is 29.0 Å². The van der Waals surface area contributed by atoms with Crippen LogP contribution in [0.4, 0.5) is 26.3 Å². The molecule has 43 heavy (non-hydrogen) atoms. The Kier molecular flexibility index (Phi) is 11.1. The highest BCUT2D eigenvalue weighted by Crippen LogP contribution is 2.20. The number of nitrogens with zero attached hydrogens (tertiary/aromatic N) is 3. The van der Waals surface area contributed by atoms with Crippen molar-refractivity contribution in [2.45, 2.75) is 33.5 Å².